The molecule has 3 rings (SSSR count). The molecule has 0 radical (unpaired) electrons. The largest absolute Gasteiger partial charge is 0.480 e. The normalized spacial score (nSPS) is 15.8. The van der Waals surface area contributed by atoms with Crippen LogP contribution in [-0.4, -0.2) is 64.2 Å². The molecular formula is C23H22Cl3N3O6S. The number of nitrogens with one attached hydrogen (secondary N) is 2. The van der Waals surface area contributed by atoms with Crippen molar-refractivity contribution in [3.8, 4) is 0 Å². The van der Waals surface area contributed by atoms with E-state index in [1.54, 1.807) is 31.2 Å². The second-order valence-electron chi connectivity index (χ2n) is 7.61. The van der Waals surface area contributed by atoms with Gasteiger partial charge in [0.2, 0.25) is 0 Å². The minimum absolute atomic E-state index is 0.0130. The molecule has 1 aliphatic rings. The van der Waals surface area contributed by atoms with E-state index in [2.05, 4.69) is 10.6 Å². The fourth-order valence-corrected chi connectivity index (χ4v) is 5.54. The van der Waals surface area contributed by atoms with Gasteiger partial charge in [-0.25, -0.2) is 9.59 Å². The van der Waals surface area contributed by atoms with Gasteiger partial charge in [0.1, 0.15) is 6.04 Å². The molecule has 1 unspecified atom stereocenters. The van der Waals surface area contributed by atoms with Gasteiger partial charge in [-0.15, -0.1) is 11.8 Å². The molecule has 2 atom stereocenters. The molecule has 0 aliphatic carbocycles. The van der Waals surface area contributed by atoms with Gasteiger partial charge in [-0.3, -0.25) is 14.5 Å². The maximum Gasteiger partial charge on any atom is 0.411 e. The number of aliphatic carboxylic acids is 1. The van der Waals surface area contributed by atoms with Crippen molar-refractivity contribution in [2.75, 3.05) is 24.2 Å². The predicted molar refractivity (Wildman–Crippen MR) is 139 cm³/mol. The Hall–Kier alpha value is -2.66. The van der Waals surface area contributed by atoms with Gasteiger partial charge >= 0.3 is 12.1 Å². The maximum absolute atomic E-state index is 12.7. The van der Waals surface area contributed by atoms with Crippen LogP contribution in [0.3, 0.4) is 0 Å². The van der Waals surface area contributed by atoms with Crippen LogP contribution in [-0.2, 0) is 20.7 Å². The van der Waals surface area contributed by atoms with E-state index in [1.165, 1.54) is 28.8 Å². The highest BCUT2D eigenvalue weighted by atomic mass is 35.5. The maximum atomic E-state index is 12.7. The third-order valence-corrected chi connectivity index (χ3v) is 7.13. The number of carbonyl (C=O) groups is 4. The lowest BCUT2D eigenvalue weighted by atomic mass is 10.1. The van der Waals surface area contributed by atoms with Gasteiger partial charge in [-0.05, 0) is 36.8 Å². The van der Waals surface area contributed by atoms with Gasteiger partial charge in [0.05, 0.1) is 22.2 Å². The van der Waals surface area contributed by atoms with Gasteiger partial charge in [0.15, 0.2) is 5.37 Å². The first-order valence-electron chi connectivity index (χ1n) is 10.7. The van der Waals surface area contributed by atoms with Gasteiger partial charge in [-0.1, -0.05) is 46.9 Å². The topological polar surface area (TPSA) is 125 Å². The lowest BCUT2D eigenvalue weighted by molar-refractivity contribution is -0.142. The Morgan fingerprint density at radius 2 is 1.78 bits per heavy atom. The van der Waals surface area contributed by atoms with Crippen LogP contribution in [0.1, 0.15) is 22.8 Å². The zero-order valence-electron chi connectivity index (χ0n) is 18.9. The summed E-state index contributed by atoms with van der Waals surface area (Å²) in [5.74, 6) is -1.81. The summed E-state index contributed by atoms with van der Waals surface area (Å²) < 4.78 is 4.97. The van der Waals surface area contributed by atoms with Crippen molar-refractivity contribution in [1.29, 1.82) is 0 Å². The highest BCUT2D eigenvalue weighted by Gasteiger charge is 2.37. The van der Waals surface area contributed by atoms with Crippen molar-refractivity contribution >= 4 is 76.1 Å². The Morgan fingerprint density at radius 3 is 2.36 bits per heavy atom. The Kier molecular flexibility index (Phi) is 9.72. The number of ether oxygens (including phenoxy) is 1. The van der Waals surface area contributed by atoms with Gasteiger partial charge in [-0.2, -0.15) is 0 Å². The second-order valence-corrected chi connectivity index (χ2v) is 10.1. The monoisotopic (exact) mass is 573 g/mol. The average Bonchev–Trinajstić information content (AvgIpc) is 3.29. The standard InChI is InChI=1S/C23H22Cl3N3O6S/c1-2-35-23(34)29-7-8-36-21(29)20(31)28-17(22(32)33)9-12-3-5-14(6-4-12)27-19(30)18-15(25)10-13(24)11-16(18)26/h3-6,10-11,17,21H,2,7-9H2,1H3,(H,27,30)(H,28,31)(H,32,33)/t17-,21?/m0/s1. The van der Waals surface area contributed by atoms with E-state index in [1.807, 2.05) is 0 Å². The van der Waals surface area contributed by atoms with E-state index >= 15 is 0 Å². The smallest absolute Gasteiger partial charge is 0.411 e. The van der Waals surface area contributed by atoms with Crippen LogP contribution in [0.2, 0.25) is 15.1 Å². The molecule has 0 saturated carbocycles. The number of thioether (sulfide) groups is 1. The van der Waals surface area contributed by atoms with Gasteiger partial charge < -0.3 is 20.5 Å². The number of anilines is 1. The van der Waals surface area contributed by atoms with E-state index in [0.717, 1.165) is 0 Å². The fraction of sp³-hybridized carbons (Fsp3) is 0.304. The summed E-state index contributed by atoms with van der Waals surface area (Å²) in [6.45, 7) is 2.16. The second kappa shape index (κ2) is 12.5. The number of benzene rings is 2. The van der Waals surface area contributed by atoms with E-state index in [-0.39, 0.29) is 28.6 Å². The predicted octanol–water partition coefficient (Wildman–Crippen LogP) is 4.54. The molecule has 0 spiro atoms. The molecule has 1 aliphatic heterocycles. The van der Waals surface area contributed by atoms with Crippen LogP contribution >= 0.6 is 46.6 Å². The summed E-state index contributed by atoms with van der Waals surface area (Å²) in [4.78, 5) is 50.5. The van der Waals surface area contributed by atoms with Crippen molar-refractivity contribution in [1.82, 2.24) is 10.2 Å². The summed E-state index contributed by atoms with van der Waals surface area (Å²) in [7, 11) is 0. The number of amides is 3. The molecule has 9 nitrogen and oxygen atoms in total. The molecule has 1 heterocycles. The zero-order valence-corrected chi connectivity index (χ0v) is 22.0. The van der Waals surface area contributed by atoms with Crippen LogP contribution in [0.25, 0.3) is 0 Å². The first-order valence-corrected chi connectivity index (χ1v) is 12.9. The number of carbonyl (C=O) groups excluding carboxylic acids is 3. The molecule has 36 heavy (non-hydrogen) atoms. The molecule has 0 aromatic heterocycles. The van der Waals surface area contributed by atoms with Gasteiger partial charge in [0.25, 0.3) is 11.8 Å². The first kappa shape index (κ1) is 27.9. The number of carboxylic acid groups (broad SMARTS) is 1. The van der Waals surface area contributed by atoms with E-state index in [4.69, 9.17) is 39.5 Å². The van der Waals surface area contributed by atoms with Gasteiger partial charge in [0, 0.05) is 29.4 Å². The Balaban J connectivity index is 1.64. The lowest BCUT2D eigenvalue weighted by Crippen LogP contribution is -2.50. The SMILES string of the molecule is CCOC(=O)N1CCSC1C(=O)N[C@@H](Cc1ccc(NC(=O)c2c(Cl)cc(Cl)cc2Cl)cc1)C(=O)O. The van der Waals surface area contributed by atoms with Crippen LogP contribution in [0.4, 0.5) is 10.5 Å². The number of hydrogen-bond acceptors (Lipinski definition) is 6. The lowest BCUT2D eigenvalue weighted by Gasteiger charge is -2.24. The van der Waals surface area contributed by atoms with E-state index in [0.29, 0.717) is 28.6 Å². The number of rotatable bonds is 8. The zero-order chi connectivity index (χ0) is 26.4. The molecular weight excluding hydrogens is 553 g/mol. The summed E-state index contributed by atoms with van der Waals surface area (Å²) in [6.07, 6.45) is -0.630. The van der Waals surface area contributed by atoms with Crippen LogP contribution in [0.15, 0.2) is 36.4 Å². The average molecular weight is 575 g/mol. The van der Waals surface area contributed by atoms with Crippen molar-refractivity contribution < 1.29 is 29.0 Å². The fourth-order valence-electron chi connectivity index (χ4n) is 3.44. The molecule has 1 fully saturated rings. The van der Waals surface area contributed by atoms with Crippen LogP contribution < -0.4 is 10.6 Å². The van der Waals surface area contributed by atoms with Crippen molar-refractivity contribution in [3.05, 3.63) is 62.6 Å². The summed E-state index contributed by atoms with van der Waals surface area (Å²) in [5.41, 5.74) is 1.10. The molecule has 13 heteroatoms. The first-order chi connectivity index (χ1) is 17.1. The highest BCUT2D eigenvalue weighted by molar-refractivity contribution is 8.00. The number of hydrogen-bond donors (Lipinski definition) is 3. The van der Waals surface area contributed by atoms with Crippen LogP contribution in [0, 0.1) is 0 Å². The third kappa shape index (κ3) is 6.97. The molecule has 0 bridgehead atoms. The molecule has 192 valence electrons. The Bertz CT molecular complexity index is 1140. The number of halogens is 3. The molecule has 2 aromatic carbocycles. The van der Waals surface area contributed by atoms with Crippen molar-refractivity contribution in [2.24, 2.45) is 0 Å². The van der Waals surface area contributed by atoms with E-state index in [9.17, 15) is 24.3 Å². The van der Waals surface area contributed by atoms with Crippen molar-refractivity contribution in [2.45, 2.75) is 24.8 Å². The summed E-state index contributed by atoms with van der Waals surface area (Å²) >= 11 is 19.3. The Morgan fingerprint density at radius 1 is 1.14 bits per heavy atom. The summed E-state index contributed by atoms with van der Waals surface area (Å²) in [6, 6.07) is 8.00. The molecule has 3 N–H and O–H groups in total. The minimum atomic E-state index is -1.23. The number of carboxylic acids is 1. The molecule has 3 amide bonds. The van der Waals surface area contributed by atoms with Crippen LogP contribution in [0.5, 0.6) is 0 Å². The molecule has 1 saturated heterocycles. The number of nitrogens with zero attached hydrogens (tertiary/aromatic N) is 1. The molecule has 2 aromatic rings. The summed E-state index contributed by atoms with van der Waals surface area (Å²) in [5, 5.41) is 14.4. The quantitative estimate of drug-likeness (QED) is 0.423. The minimum Gasteiger partial charge on any atom is -0.480 e. The Labute approximate surface area is 226 Å². The van der Waals surface area contributed by atoms with E-state index < -0.39 is 35.3 Å². The highest BCUT2D eigenvalue weighted by Crippen LogP contribution is 2.30. The third-order valence-electron chi connectivity index (χ3n) is 5.12. The van der Waals surface area contributed by atoms with Crippen molar-refractivity contribution in [3.63, 3.8) is 0 Å².